The van der Waals surface area contributed by atoms with Crippen LogP contribution in [0.1, 0.15) is 31.7 Å². The highest BCUT2D eigenvalue weighted by molar-refractivity contribution is 5.54. The number of nitrogens with two attached hydrogens (primary N) is 1. The normalized spacial score (nSPS) is 16.8. The van der Waals surface area contributed by atoms with E-state index in [0.29, 0.717) is 6.54 Å². The number of benzene rings is 1. The van der Waals surface area contributed by atoms with E-state index in [4.69, 9.17) is 10.5 Å². The van der Waals surface area contributed by atoms with Crippen molar-refractivity contribution in [3.8, 4) is 0 Å². The Balaban J connectivity index is 1.99. The number of nitrogens with zero attached hydrogens (tertiary/aromatic N) is 1. The third kappa shape index (κ3) is 3.95. The van der Waals surface area contributed by atoms with Crippen LogP contribution in [0.25, 0.3) is 0 Å². The molecule has 1 aromatic carbocycles. The Hall–Kier alpha value is -1.06. The minimum absolute atomic E-state index is 0.195. The summed E-state index contributed by atoms with van der Waals surface area (Å²) in [7, 11) is 0. The predicted molar refractivity (Wildman–Crippen MR) is 80.7 cm³/mol. The Morgan fingerprint density at radius 2 is 2.16 bits per heavy atom. The molecule has 1 unspecified atom stereocenters. The van der Waals surface area contributed by atoms with Gasteiger partial charge in [-0.25, -0.2) is 0 Å². The maximum Gasteiger partial charge on any atom is 0.0713 e. The molecule has 0 saturated heterocycles. The molecule has 3 heteroatoms. The summed E-state index contributed by atoms with van der Waals surface area (Å²) in [6, 6.07) is 8.79. The van der Waals surface area contributed by atoms with Crippen LogP contribution in [0.4, 0.5) is 5.69 Å². The molecule has 1 aromatic rings. The van der Waals surface area contributed by atoms with Gasteiger partial charge < -0.3 is 15.4 Å². The van der Waals surface area contributed by atoms with Crippen molar-refractivity contribution in [1.82, 2.24) is 0 Å². The predicted octanol–water partition coefficient (Wildman–Crippen LogP) is 2.58. The number of ether oxygens (including phenoxy) is 1. The number of rotatable bonds is 6. The van der Waals surface area contributed by atoms with Crippen molar-refractivity contribution in [1.29, 1.82) is 0 Å². The minimum atomic E-state index is 0.195. The lowest BCUT2D eigenvalue weighted by atomic mass is 10.1. The van der Waals surface area contributed by atoms with Crippen LogP contribution in [0.5, 0.6) is 0 Å². The maximum atomic E-state index is 5.76. The van der Waals surface area contributed by atoms with E-state index >= 15 is 0 Å². The van der Waals surface area contributed by atoms with Crippen LogP contribution in [0.3, 0.4) is 0 Å². The molecule has 1 aliphatic heterocycles. The lowest BCUT2D eigenvalue weighted by Crippen LogP contribution is -2.32. The Bertz CT molecular complexity index is 381. The van der Waals surface area contributed by atoms with Crippen LogP contribution in [-0.2, 0) is 11.2 Å². The molecule has 2 N–H and O–H groups in total. The van der Waals surface area contributed by atoms with E-state index in [1.54, 1.807) is 0 Å². The van der Waals surface area contributed by atoms with Crippen LogP contribution in [0.15, 0.2) is 24.3 Å². The monoisotopic (exact) mass is 262 g/mol. The summed E-state index contributed by atoms with van der Waals surface area (Å²) < 4.78 is 5.65. The molecule has 1 heterocycles. The number of fused-ring (bicyclic) bond motifs is 1. The van der Waals surface area contributed by atoms with E-state index in [0.717, 1.165) is 26.1 Å². The molecule has 0 saturated carbocycles. The number of para-hydroxylation sites is 1. The molecule has 1 aliphatic rings. The van der Waals surface area contributed by atoms with Gasteiger partial charge in [-0.15, -0.1) is 0 Å². The first kappa shape index (κ1) is 14.4. The molecule has 106 valence electrons. The van der Waals surface area contributed by atoms with E-state index in [-0.39, 0.29) is 6.10 Å². The summed E-state index contributed by atoms with van der Waals surface area (Å²) >= 11 is 0. The third-order valence-corrected chi connectivity index (χ3v) is 3.84. The zero-order valence-electron chi connectivity index (χ0n) is 12.0. The number of aryl methyl sites for hydroxylation is 1. The second-order valence-corrected chi connectivity index (χ2v) is 5.17. The van der Waals surface area contributed by atoms with Crippen LogP contribution >= 0.6 is 0 Å². The van der Waals surface area contributed by atoms with Gasteiger partial charge in [0.15, 0.2) is 0 Å². The average Bonchev–Trinajstić information content (AvgIpc) is 2.66. The fraction of sp³-hybridized carbons (Fsp3) is 0.625. The number of anilines is 1. The summed E-state index contributed by atoms with van der Waals surface area (Å²) in [5.41, 5.74) is 8.65. The highest BCUT2D eigenvalue weighted by Gasteiger charge is 2.16. The molecule has 0 spiro atoms. The van der Waals surface area contributed by atoms with Crippen LogP contribution in [-0.4, -0.2) is 32.3 Å². The van der Waals surface area contributed by atoms with E-state index in [1.807, 2.05) is 6.92 Å². The van der Waals surface area contributed by atoms with Crippen molar-refractivity contribution in [2.45, 2.75) is 38.7 Å². The molecule has 0 bridgehead atoms. The van der Waals surface area contributed by atoms with E-state index in [9.17, 15) is 0 Å². The van der Waals surface area contributed by atoms with Crippen molar-refractivity contribution >= 4 is 5.69 Å². The van der Waals surface area contributed by atoms with Gasteiger partial charge in [0.25, 0.3) is 0 Å². The van der Waals surface area contributed by atoms with Crippen molar-refractivity contribution in [3.05, 3.63) is 29.8 Å². The minimum Gasteiger partial charge on any atom is -0.377 e. The van der Waals surface area contributed by atoms with Crippen molar-refractivity contribution in [2.24, 2.45) is 5.73 Å². The van der Waals surface area contributed by atoms with E-state index in [2.05, 4.69) is 29.2 Å². The van der Waals surface area contributed by atoms with E-state index < -0.39 is 0 Å². The Labute approximate surface area is 116 Å². The lowest BCUT2D eigenvalue weighted by Gasteiger charge is -2.27. The zero-order valence-corrected chi connectivity index (χ0v) is 12.0. The first-order valence-electron chi connectivity index (χ1n) is 7.49. The largest absolute Gasteiger partial charge is 0.377 e. The van der Waals surface area contributed by atoms with Gasteiger partial charge in [0.1, 0.15) is 0 Å². The van der Waals surface area contributed by atoms with Gasteiger partial charge >= 0.3 is 0 Å². The quantitative estimate of drug-likeness (QED) is 0.856. The molecule has 0 aliphatic carbocycles. The van der Waals surface area contributed by atoms with Crippen LogP contribution in [0.2, 0.25) is 0 Å². The topological polar surface area (TPSA) is 38.5 Å². The van der Waals surface area contributed by atoms with Gasteiger partial charge in [0, 0.05) is 31.9 Å². The molecule has 3 nitrogen and oxygen atoms in total. The van der Waals surface area contributed by atoms with Crippen LogP contribution in [0, 0.1) is 0 Å². The smallest absolute Gasteiger partial charge is 0.0713 e. The molecule has 19 heavy (non-hydrogen) atoms. The summed E-state index contributed by atoms with van der Waals surface area (Å²) in [4.78, 5) is 2.50. The molecule has 0 amide bonds. The van der Waals surface area contributed by atoms with Crippen molar-refractivity contribution in [2.75, 3.05) is 31.1 Å². The van der Waals surface area contributed by atoms with Gasteiger partial charge in [-0.05, 0) is 44.2 Å². The van der Waals surface area contributed by atoms with Crippen molar-refractivity contribution < 1.29 is 4.74 Å². The summed E-state index contributed by atoms with van der Waals surface area (Å²) in [6.45, 7) is 5.59. The first-order chi connectivity index (χ1) is 9.35. The SMILES string of the molecule is CCOC(CN)CCN1CCCCc2ccccc21. The summed E-state index contributed by atoms with van der Waals surface area (Å²) in [5, 5.41) is 0. The zero-order chi connectivity index (χ0) is 13.5. The van der Waals surface area contributed by atoms with Crippen molar-refractivity contribution in [3.63, 3.8) is 0 Å². The van der Waals surface area contributed by atoms with Gasteiger partial charge in [-0.1, -0.05) is 18.2 Å². The standard InChI is InChI=1S/C16H26N2O/c1-2-19-15(13-17)10-12-18-11-6-5-8-14-7-3-4-9-16(14)18/h3-4,7,9,15H,2,5-6,8,10-13,17H2,1H3. The first-order valence-corrected chi connectivity index (χ1v) is 7.49. The van der Waals surface area contributed by atoms with E-state index in [1.165, 1.54) is 30.5 Å². The second-order valence-electron chi connectivity index (χ2n) is 5.17. The second kappa shape index (κ2) is 7.51. The van der Waals surface area contributed by atoms with Gasteiger partial charge in [0.05, 0.1) is 6.10 Å². The molecule has 0 fully saturated rings. The third-order valence-electron chi connectivity index (χ3n) is 3.84. The molecule has 2 rings (SSSR count). The maximum absolute atomic E-state index is 5.76. The van der Waals surface area contributed by atoms with Crippen LogP contribution < -0.4 is 10.6 Å². The summed E-state index contributed by atoms with van der Waals surface area (Å²) in [5.74, 6) is 0. The average molecular weight is 262 g/mol. The van der Waals surface area contributed by atoms with Gasteiger partial charge in [-0.2, -0.15) is 0 Å². The lowest BCUT2D eigenvalue weighted by molar-refractivity contribution is 0.0644. The number of hydrogen-bond donors (Lipinski definition) is 1. The molecule has 0 radical (unpaired) electrons. The van der Waals surface area contributed by atoms with Gasteiger partial charge in [0.2, 0.25) is 0 Å². The number of hydrogen-bond acceptors (Lipinski definition) is 3. The molecule has 1 atom stereocenters. The Morgan fingerprint density at radius 1 is 1.32 bits per heavy atom. The fourth-order valence-electron chi connectivity index (χ4n) is 2.81. The Kier molecular flexibility index (Phi) is 5.67. The van der Waals surface area contributed by atoms with Gasteiger partial charge in [-0.3, -0.25) is 0 Å². The summed E-state index contributed by atoms with van der Waals surface area (Å²) in [6.07, 6.45) is 4.98. The highest BCUT2D eigenvalue weighted by Crippen LogP contribution is 2.26. The molecular weight excluding hydrogens is 236 g/mol. The highest BCUT2D eigenvalue weighted by atomic mass is 16.5. The Morgan fingerprint density at radius 3 is 2.95 bits per heavy atom. The molecule has 0 aromatic heterocycles. The fourth-order valence-corrected chi connectivity index (χ4v) is 2.81. The molecular formula is C16H26N2O.